The highest BCUT2D eigenvalue weighted by molar-refractivity contribution is 6.39. The Morgan fingerprint density at radius 3 is 2.90 bits per heavy atom. The molecule has 8 heteroatoms. The van der Waals surface area contributed by atoms with Gasteiger partial charge in [0.15, 0.2) is 0 Å². The molecule has 0 spiro atoms. The second kappa shape index (κ2) is 8.75. The zero-order chi connectivity index (χ0) is 22.0. The Kier molecular flexibility index (Phi) is 5.88. The van der Waals surface area contributed by atoms with Crippen LogP contribution in [0.25, 0.3) is 0 Å². The predicted molar refractivity (Wildman–Crippen MR) is 118 cm³/mol. The minimum atomic E-state index is -0.675. The number of aryl methyl sites for hydroxylation is 2. The summed E-state index contributed by atoms with van der Waals surface area (Å²) in [6, 6.07) is 7.48. The summed E-state index contributed by atoms with van der Waals surface area (Å²) in [5, 5.41) is 5.56. The minimum Gasteiger partial charge on any atom is -0.383 e. The number of benzene rings is 1. The van der Waals surface area contributed by atoms with E-state index in [9.17, 15) is 14.4 Å². The number of nitrogen functional groups attached to an aromatic ring is 1. The molecule has 3 amide bonds. The van der Waals surface area contributed by atoms with Crippen LogP contribution in [0.3, 0.4) is 0 Å². The van der Waals surface area contributed by atoms with Gasteiger partial charge in [0.1, 0.15) is 5.82 Å². The van der Waals surface area contributed by atoms with Crippen LogP contribution in [-0.4, -0.2) is 34.2 Å². The topological polar surface area (TPSA) is 117 Å². The summed E-state index contributed by atoms with van der Waals surface area (Å²) in [6.45, 7) is 2.48. The van der Waals surface area contributed by atoms with Crippen LogP contribution in [0.5, 0.6) is 0 Å². The van der Waals surface area contributed by atoms with Crippen molar-refractivity contribution in [3.8, 4) is 0 Å². The Hall–Kier alpha value is -3.42. The van der Waals surface area contributed by atoms with Crippen LogP contribution in [0.2, 0.25) is 0 Å². The average molecular weight is 422 g/mol. The number of fused-ring (bicyclic) bond motifs is 1. The molecule has 1 atom stereocenters. The first-order valence-electron chi connectivity index (χ1n) is 10.7. The van der Waals surface area contributed by atoms with Crippen LogP contribution in [0, 0.1) is 0 Å². The summed E-state index contributed by atoms with van der Waals surface area (Å²) in [5.74, 6) is -0.780. The van der Waals surface area contributed by atoms with Crippen molar-refractivity contribution in [2.75, 3.05) is 22.9 Å². The minimum absolute atomic E-state index is 0.0229. The van der Waals surface area contributed by atoms with E-state index in [-0.39, 0.29) is 11.9 Å². The number of likely N-dealkylation sites (tertiary alicyclic amines) is 1. The number of pyridine rings is 1. The van der Waals surface area contributed by atoms with Crippen LogP contribution < -0.4 is 16.4 Å². The number of hydrogen-bond acceptors (Lipinski definition) is 5. The Balaban J connectivity index is 1.52. The van der Waals surface area contributed by atoms with Crippen molar-refractivity contribution in [1.82, 2.24) is 9.88 Å². The van der Waals surface area contributed by atoms with Crippen molar-refractivity contribution in [2.45, 2.75) is 51.5 Å². The fourth-order valence-electron chi connectivity index (χ4n) is 4.32. The zero-order valence-electron chi connectivity index (χ0n) is 17.6. The average Bonchev–Trinajstić information content (AvgIpc) is 2.79. The molecule has 1 aromatic heterocycles. The summed E-state index contributed by atoms with van der Waals surface area (Å²) >= 11 is 0. The van der Waals surface area contributed by atoms with Crippen LogP contribution >= 0.6 is 0 Å². The normalized spacial score (nSPS) is 18.2. The molecule has 4 rings (SSSR count). The molecule has 31 heavy (non-hydrogen) atoms. The number of aromatic nitrogens is 1. The molecular weight excluding hydrogens is 394 g/mol. The molecule has 162 valence electrons. The van der Waals surface area contributed by atoms with Gasteiger partial charge in [-0.2, -0.15) is 0 Å². The highest BCUT2D eigenvalue weighted by atomic mass is 16.2. The number of nitrogens with one attached hydrogen (secondary N) is 2. The summed E-state index contributed by atoms with van der Waals surface area (Å²) in [4.78, 5) is 43.2. The molecule has 8 nitrogen and oxygen atoms in total. The van der Waals surface area contributed by atoms with Crippen molar-refractivity contribution in [3.63, 3.8) is 0 Å². The molecule has 0 unspecified atom stereocenters. The molecule has 0 saturated carbocycles. The molecule has 4 N–H and O–H groups in total. The zero-order valence-corrected chi connectivity index (χ0v) is 17.6. The third kappa shape index (κ3) is 4.38. The van der Waals surface area contributed by atoms with Crippen molar-refractivity contribution in [1.29, 1.82) is 0 Å². The molecular formula is C23H27N5O3. The van der Waals surface area contributed by atoms with Crippen molar-refractivity contribution in [2.24, 2.45) is 0 Å². The van der Waals surface area contributed by atoms with Gasteiger partial charge in [-0.15, -0.1) is 0 Å². The van der Waals surface area contributed by atoms with Gasteiger partial charge in [-0.3, -0.25) is 14.4 Å². The van der Waals surface area contributed by atoms with E-state index >= 15 is 0 Å². The van der Waals surface area contributed by atoms with Crippen molar-refractivity contribution in [3.05, 3.63) is 47.2 Å². The lowest BCUT2D eigenvalue weighted by atomic mass is 9.91. The van der Waals surface area contributed by atoms with Crippen LogP contribution in [0.1, 0.15) is 55.3 Å². The number of piperidine rings is 1. The number of carbonyl (C=O) groups excluding carboxylic acids is 3. The van der Waals surface area contributed by atoms with E-state index in [1.807, 2.05) is 19.1 Å². The third-order valence-corrected chi connectivity index (χ3v) is 6.01. The molecule has 2 aliphatic rings. The number of amides is 3. The van der Waals surface area contributed by atoms with E-state index in [1.54, 1.807) is 11.0 Å². The molecule has 0 radical (unpaired) electrons. The summed E-state index contributed by atoms with van der Waals surface area (Å²) < 4.78 is 0. The molecule has 3 heterocycles. The fraction of sp³-hybridized carbons (Fsp3) is 0.391. The molecule has 0 bridgehead atoms. The van der Waals surface area contributed by atoms with E-state index in [0.29, 0.717) is 37.3 Å². The molecule has 1 aromatic carbocycles. The summed E-state index contributed by atoms with van der Waals surface area (Å²) in [7, 11) is 0. The Morgan fingerprint density at radius 2 is 2.10 bits per heavy atom. The largest absolute Gasteiger partial charge is 0.383 e. The van der Waals surface area contributed by atoms with E-state index < -0.39 is 11.8 Å². The quantitative estimate of drug-likeness (QED) is 0.659. The third-order valence-electron chi connectivity index (χ3n) is 6.01. The highest BCUT2D eigenvalue weighted by Crippen LogP contribution is 2.34. The number of anilines is 3. The van der Waals surface area contributed by atoms with Gasteiger partial charge >= 0.3 is 11.8 Å². The van der Waals surface area contributed by atoms with E-state index in [1.165, 1.54) is 6.20 Å². The van der Waals surface area contributed by atoms with Gasteiger partial charge < -0.3 is 21.3 Å². The molecule has 0 aliphatic carbocycles. The van der Waals surface area contributed by atoms with Gasteiger partial charge in [-0.1, -0.05) is 19.1 Å². The van der Waals surface area contributed by atoms with Gasteiger partial charge in [-0.05, 0) is 60.9 Å². The lowest BCUT2D eigenvalue weighted by Gasteiger charge is -2.36. The number of rotatable bonds is 3. The smallest absolute Gasteiger partial charge is 0.313 e. The SMILES string of the molecule is CCc1cc(NC(=O)C(=O)N2CCCC[C@H]2c2ccc3c(c2)CCC(=O)N3)cnc1N. The molecule has 1 fully saturated rings. The highest BCUT2D eigenvalue weighted by Gasteiger charge is 2.32. The second-order valence-electron chi connectivity index (χ2n) is 8.05. The van der Waals surface area contributed by atoms with Crippen molar-refractivity contribution >= 4 is 34.9 Å². The van der Waals surface area contributed by atoms with Gasteiger partial charge in [0.2, 0.25) is 5.91 Å². The Labute approximate surface area is 181 Å². The summed E-state index contributed by atoms with van der Waals surface area (Å²) in [5.41, 5.74) is 10.0. The van der Waals surface area contributed by atoms with Gasteiger partial charge in [-0.25, -0.2) is 4.98 Å². The van der Waals surface area contributed by atoms with E-state index in [4.69, 9.17) is 5.73 Å². The van der Waals surface area contributed by atoms with Gasteiger partial charge in [0, 0.05) is 18.7 Å². The molecule has 2 aliphatic heterocycles. The number of nitrogens with zero attached hydrogens (tertiary/aromatic N) is 2. The van der Waals surface area contributed by atoms with Gasteiger partial charge in [0.25, 0.3) is 0 Å². The number of nitrogens with two attached hydrogens (primary N) is 1. The van der Waals surface area contributed by atoms with Gasteiger partial charge in [0.05, 0.1) is 17.9 Å². The number of carbonyl (C=O) groups is 3. The van der Waals surface area contributed by atoms with Crippen LogP contribution in [0.4, 0.5) is 17.2 Å². The predicted octanol–water partition coefficient (Wildman–Crippen LogP) is 2.80. The maximum atomic E-state index is 13.1. The maximum absolute atomic E-state index is 13.1. The first-order valence-corrected chi connectivity index (χ1v) is 10.7. The Morgan fingerprint density at radius 1 is 1.26 bits per heavy atom. The van der Waals surface area contributed by atoms with Crippen LogP contribution in [0.15, 0.2) is 30.5 Å². The first kappa shape index (κ1) is 20.8. The Bertz CT molecular complexity index is 1040. The first-order chi connectivity index (χ1) is 15.0. The lowest BCUT2D eigenvalue weighted by Crippen LogP contribution is -2.44. The standard InChI is InChI=1S/C23H27N5O3/c1-2-14-12-17(13-25-21(14)24)26-22(30)23(31)28-10-4-3-5-19(28)16-6-8-18-15(11-16)7-9-20(29)27-18/h6,8,11-13,19H,2-5,7,9-10H2,1H3,(H2,24,25)(H,26,30)(H,27,29)/t19-/m0/s1. The second-order valence-corrected chi connectivity index (χ2v) is 8.05. The fourth-order valence-corrected chi connectivity index (χ4v) is 4.32. The van der Waals surface area contributed by atoms with E-state index in [0.717, 1.165) is 41.6 Å². The molecule has 1 saturated heterocycles. The monoisotopic (exact) mass is 421 g/mol. The maximum Gasteiger partial charge on any atom is 0.313 e. The lowest BCUT2D eigenvalue weighted by molar-refractivity contribution is -0.145. The van der Waals surface area contributed by atoms with Crippen molar-refractivity contribution < 1.29 is 14.4 Å². The summed E-state index contributed by atoms with van der Waals surface area (Å²) in [6.07, 6.45) is 5.94. The van der Waals surface area contributed by atoms with E-state index in [2.05, 4.69) is 21.7 Å². The molecule has 2 aromatic rings. The number of hydrogen-bond donors (Lipinski definition) is 3. The van der Waals surface area contributed by atoms with Crippen LogP contribution in [-0.2, 0) is 27.2 Å².